The van der Waals surface area contributed by atoms with E-state index < -0.39 is 0 Å². The van der Waals surface area contributed by atoms with E-state index in [1.807, 2.05) is 24.3 Å². The van der Waals surface area contributed by atoms with Crippen molar-refractivity contribution in [3.05, 3.63) is 102 Å². The number of rotatable bonds is 9. The topological polar surface area (TPSA) is 40.3 Å². The Bertz CT molecular complexity index is 1130. The van der Waals surface area contributed by atoms with Crippen LogP contribution in [0.15, 0.2) is 85.1 Å². The highest BCUT2D eigenvalue weighted by atomic mass is 16.5. The zero-order chi connectivity index (χ0) is 22.3. The van der Waals surface area contributed by atoms with Gasteiger partial charge in [-0.1, -0.05) is 60.7 Å². The first-order valence-electron chi connectivity index (χ1n) is 12.1. The van der Waals surface area contributed by atoms with Gasteiger partial charge in [-0.3, -0.25) is 4.90 Å². The van der Waals surface area contributed by atoms with E-state index in [0.29, 0.717) is 12.6 Å². The van der Waals surface area contributed by atoms with Crippen LogP contribution < -0.4 is 10.1 Å². The van der Waals surface area contributed by atoms with Crippen LogP contribution >= 0.6 is 0 Å². The summed E-state index contributed by atoms with van der Waals surface area (Å²) in [6, 6.07) is 28.1. The SMILES string of the molecule is c1ccc(COc2ccc3[nH]cc(CCNC4CCN(Cc5ccccc5)CC4)c3c2)cc1. The molecule has 4 heteroatoms. The van der Waals surface area contributed by atoms with Gasteiger partial charge >= 0.3 is 0 Å². The minimum Gasteiger partial charge on any atom is -0.489 e. The van der Waals surface area contributed by atoms with Crippen molar-refractivity contribution < 1.29 is 4.74 Å². The summed E-state index contributed by atoms with van der Waals surface area (Å²) >= 11 is 0. The Hall–Kier alpha value is -3.08. The fourth-order valence-corrected chi connectivity index (χ4v) is 4.74. The molecule has 1 aromatic heterocycles. The predicted octanol–water partition coefficient (Wildman–Crippen LogP) is 5.54. The molecule has 1 saturated heterocycles. The quantitative estimate of drug-likeness (QED) is 0.360. The molecule has 1 aliphatic rings. The Kier molecular flexibility index (Phi) is 7.05. The lowest BCUT2D eigenvalue weighted by Crippen LogP contribution is -2.42. The number of ether oxygens (including phenoxy) is 1. The Labute approximate surface area is 196 Å². The second-order valence-electron chi connectivity index (χ2n) is 9.04. The summed E-state index contributed by atoms with van der Waals surface area (Å²) in [7, 11) is 0. The third-order valence-electron chi connectivity index (χ3n) is 6.65. The highest BCUT2D eigenvalue weighted by Gasteiger charge is 2.18. The molecule has 2 N–H and O–H groups in total. The van der Waals surface area contributed by atoms with E-state index in [1.165, 1.54) is 53.5 Å². The maximum Gasteiger partial charge on any atom is 0.120 e. The van der Waals surface area contributed by atoms with Gasteiger partial charge in [-0.05, 0) is 73.8 Å². The zero-order valence-corrected chi connectivity index (χ0v) is 19.2. The van der Waals surface area contributed by atoms with Crippen LogP contribution in [0, 0.1) is 0 Å². The van der Waals surface area contributed by atoms with E-state index in [1.54, 1.807) is 0 Å². The van der Waals surface area contributed by atoms with Crippen molar-refractivity contribution in [2.45, 2.75) is 38.5 Å². The molecule has 3 aromatic carbocycles. The van der Waals surface area contributed by atoms with Crippen molar-refractivity contribution in [3.63, 3.8) is 0 Å². The third-order valence-corrected chi connectivity index (χ3v) is 6.65. The molecule has 2 heterocycles. The largest absolute Gasteiger partial charge is 0.489 e. The zero-order valence-electron chi connectivity index (χ0n) is 19.2. The number of hydrogen-bond donors (Lipinski definition) is 2. The van der Waals surface area contributed by atoms with Gasteiger partial charge < -0.3 is 15.0 Å². The molecular weight excluding hydrogens is 406 g/mol. The van der Waals surface area contributed by atoms with Gasteiger partial charge in [-0.2, -0.15) is 0 Å². The Morgan fingerprint density at radius 2 is 1.61 bits per heavy atom. The number of benzene rings is 3. The van der Waals surface area contributed by atoms with E-state index in [0.717, 1.165) is 25.3 Å². The number of nitrogens with zero attached hydrogens (tertiary/aromatic N) is 1. The van der Waals surface area contributed by atoms with E-state index >= 15 is 0 Å². The van der Waals surface area contributed by atoms with Crippen LogP contribution in [-0.2, 0) is 19.6 Å². The van der Waals surface area contributed by atoms with Crippen molar-refractivity contribution in [1.29, 1.82) is 0 Å². The van der Waals surface area contributed by atoms with Crippen LogP contribution in [-0.4, -0.2) is 35.6 Å². The smallest absolute Gasteiger partial charge is 0.120 e. The monoisotopic (exact) mass is 439 g/mol. The molecule has 4 nitrogen and oxygen atoms in total. The van der Waals surface area contributed by atoms with Gasteiger partial charge in [0.1, 0.15) is 12.4 Å². The Morgan fingerprint density at radius 1 is 0.879 bits per heavy atom. The van der Waals surface area contributed by atoms with Crippen LogP contribution in [0.3, 0.4) is 0 Å². The molecule has 0 bridgehead atoms. The van der Waals surface area contributed by atoms with Gasteiger partial charge in [-0.25, -0.2) is 0 Å². The number of aromatic nitrogens is 1. The van der Waals surface area contributed by atoms with Gasteiger partial charge in [0.2, 0.25) is 0 Å². The summed E-state index contributed by atoms with van der Waals surface area (Å²) < 4.78 is 6.04. The van der Waals surface area contributed by atoms with Crippen molar-refractivity contribution in [1.82, 2.24) is 15.2 Å². The predicted molar refractivity (Wildman–Crippen MR) is 136 cm³/mol. The number of H-pyrrole nitrogens is 1. The van der Waals surface area contributed by atoms with Crippen LogP contribution in [0.4, 0.5) is 0 Å². The van der Waals surface area contributed by atoms with E-state index in [2.05, 4.69) is 76.0 Å². The molecule has 0 saturated carbocycles. The maximum atomic E-state index is 6.04. The third kappa shape index (κ3) is 5.84. The lowest BCUT2D eigenvalue weighted by atomic mass is 10.0. The number of aromatic amines is 1. The molecular formula is C29H33N3O. The van der Waals surface area contributed by atoms with Gasteiger partial charge in [0.25, 0.3) is 0 Å². The Balaban J connectivity index is 1.10. The first-order chi connectivity index (χ1) is 16.3. The van der Waals surface area contributed by atoms with Crippen molar-refractivity contribution in [3.8, 4) is 5.75 Å². The van der Waals surface area contributed by atoms with Crippen molar-refractivity contribution in [2.24, 2.45) is 0 Å². The van der Waals surface area contributed by atoms with Gasteiger partial charge in [-0.15, -0.1) is 0 Å². The number of fused-ring (bicyclic) bond motifs is 1. The van der Waals surface area contributed by atoms with Crippen molar-refractivity contribution >= 4 is 10.9 Å². The fourth-order valence-electron chi connectivity index (χ4n) is 4.74. The average molecular weight is 440 g/mol. The lowest BCUT2D eigenvalue weighted by molar-refractivity contribution is 0.191. The van der Waals surface area contributed by atoms with Gasteiger partial charge in [0, 0.05) is 29.7 Å². The summed E-state index contributed by atoms with van der Waals surface area (Å²) in [6.45, 7) is 5.00. The number of likely N-dealkylation sites (tertiary alicyclic amines) is 1. The van der Waals surface area contributed by atoms with E-state index in [9.17, 15) is 0 Å². The molecule has 0 atom stereocenters. The molecule has 0 aliphatic carbocycles. The highest BCUT2D eigenvalue weighted by Crippen LogP contribution is 2.25. The molecule has 170 valence electrons. The standard InChI is InChI=1S/C29H33N3O/c1-3-7-23(8-4-1)21-32-17-14-26(15-18-32)30-16-13-25-20-31-29-12-11-27(19-28(25)29)33-22-24-9-5-2-6-10-24/h1-12,19-20,26,30-31H,13-18,21-22H2. The number of piperidine rings is 1. The molecule has 1 fully saturated rings. The van der Waals surface area contributed by atoms with Crippen LogP contribution in [0.25, 0.3) is 10.9 Å². The average Bonchev–Trinajstić information content (AvgIpc) is 3.27. The molecule has 0 radical (unpaired) electrons. The first-order valence-corrected chi connectivity index (χ1v) is 12.1. The summed E-state index contributed by atoms with van der Waals surface area (Å²) in [5, 5.41) is 5.06. The summed E-state index contributed by atoms with van der Waals surface area (Å²) in [5.74, 6) is 0.922. The molecule has 4 aromatic rings. The molecule has 5 rings (SSSR count). The maximum absolute atomic E-state index is 6.04. The van der Waals surface area contributed by atoms with Gasteiger partial charge in [0.15, 0.2) is 0 Å². The number of hydrogen-bond acceptors (Lipinski definition) is 3. The van der Waals surface area contributed by atoms with E-state index in [4.69, 9.17) is 4.74 Å². The van der Waals surface area contributed by atoms with Crippen LogP contribution in [0.5, 0.6) is 5.75 Å². The molecule has 0 spiro atoms. The molecule has 1 aliphatic heterocycles. The lowest BCUT2D eigenvalue weighted by Gasteiger charge is -2.32. The van der Waals surface area contributed by atoms with Crippen LogP contribution in [0.2, 0.25) is 0 Å². The molecule has 0 unspecified atom stereocenters. The van der Waals surface area contributed by atoms with Crippen molar-refractivity contribution in [2.75, 3.05) is 19.6 Å². The molecule has 0 amide bonds. The summed E-state index contributed by atoms with van der Waals surface area (Å²) in [6.07, 6.45) is 5.61. The van der Waals surface area contributed by atoms with Crippen LogP contribution in [0.1, 0.15) is 29.5 Å². The number of nitrogens with one attached hydrogen (secondary N) is 2. The normalized spacial score (nSPS) is 15.2. The minimum atomic E-state index is 0.594. The highest BCUT2D eigenvalue weighted by molar-refractivity contribution is 5.84. The second kappa shape index (κ2) is 10.7. The van der Waals surface area contributed by atoms with Gasteiger partial charge in [0.05, 0.1) is 0 Å². The second-order valence-corrected chi connectivity index (χ2v) is 9.04. The Morgan fingerprint density at radius 3 is 2.36 bits per heavy atom. The first kappa shape index (κ1) is 21.7. The van der Waals surface area contributed by atoms with E-state index in [-0.39, 0.29) is 0 Å². The summed E-state index contributed by atoms with van der Waals surface area (Å²) in [5.41, 5.74) is 5.12. The fraction of sp³-hybridized carbons (Fsp3) is 0.310. The molecule has 33 heavy (non-hydrogen) atoms. The summed E-state index contributed by atoms with van der Waals surface area (Å²) in [4.78, 5) is 5.99. The minimum absolute atomic E-state index is 0.594.